The molecule has 0 aliphatic carbocycles. The summed E-state index contributed by atoms with van der Waals surface area (Å²) in [4.78, 5) is 0. The molecule has 0 amide bonds. The van der Waals surface area contributed by atoms with Gasteiger partial charge in [0.25, 0.3) is 0 Å². The van der Waals surface area contributed by atoms with Gasteiger partial charge in [-0.15, -0.1) is 12.4 Å². The molecule has 6 heavy (non-hydrogen) atoms. The van der Waals surface area contributed by atoms with Crippen LogP contribution in [0.1, 0.15) is 0 Å². The molecular weight excluding hydrogens is 120 g/mol. The highest BCUT2D eigenvalue weighted by Crippen LogP contribution is 2.21. The smallest absolute Gasteiger partial charge is 0.139 e. The second-order valence-electron chi connectivity index (χ2n) is 1.43. The van der Waals surface area contributed by atoms with Crippen LogP contribution in [0.25, 0.3) is 0 Å². The van der Waals surface area contributed by atoms with E-state index >= 15 is 0 Å². The Kier molecular flexibility index (Phi) is 4.23. The van der Waals surface area contributed by atoms with E-state index < -0.39 is 7.29 Å². The van der Waals surface area contributed by atoms with E-state index in [0.717, 1.165) is 0 Å². The van der Waals surface area contributed by atoms with Crippen molar-refractivity contribution in [3.63, 3.8) is 0 Å². The molecule has 0 aliphatic heterocycles. The lowest BCUT2D eigenvalue weighted by Crippen LogP contribution is -1.85. The third-order valence-electron chi connectivity index (χ3n) is 0. The van der Waals surface area contributed by atoms with E-state index in [9.17, 15) is 4.57 Å². The van der Waals surface area contributed by atoms with Crippen molar-refractivity contribution in [2.75, 3.05) is 13.3 Å². The van der Waals surface area contributed by atoms with Gasteiger partial charge >= 0.3 is 0 Å². The van der Waals surface area contributed by atoms with Gasteiger partial charge in [0.2, 0.25) is 0 Å². The van der Waals surface area contributed by atoms with Crippen LogP contribution in [-0.4, -0.2) is 13.3 Å². The van der Waals surface area contributed by atoms with Crippen molar-refractivity contribution in [1.29, 1.82) is 0 Å². The normalized spacial score (nSPS) is 9.83. The van der Waals surface area contributed by atoms with Gasteiger partial charge in [-0.05, 0) is 0 Å². The quantitative estimate of drug-likeness (QED) is 0.494. The summed E-state index contributed by atoms with van der Waals surface area (Å²) in [5, 5.41) is 0. The molecule has 0 bridgehead atoms. The Morgan fingerprint density at radius 1 is 1.50 bits per heavy atom. The van der Waals surface area contributed by atoms with Crippen molar-refractivity contribution in [1.82, 2.24) is 0 Å². The Hall–Kier alpha value is 0.480. The molecule has 4 heteroatoms. The van der Waals surface area contributed by atoms with Crippen molar-refractivity contribution in [3.05, 3.63) is 0 Å². The minimum atomic E-state index is -2.14. The Morgan fingerprint density at radius 2 is 1.50 bits per heavy atom. The van der Waals surface area contributed by atoms with Crippen LogP contribution in [0.5, 0.6) is 0 Å². The number of halogens is 1. The summed E-state index contributed by atoms with van der Waals surface area (Å²) < 4.78 is 9.99. The fraction of sp³-hybridized carbons (Fsp3) is 1.00. The molecular formula is C2H9ClNOP. The standard InChI is InChI=1S/C2H8NOP.ClH/c1-5(2,3)4;/h1-2H3,(H2,3,4);1H. The van der Waals surface area contributed by atoms with Crippen molar-refractivity contribution in [2.45, 2.75) is 0 Å². The summed E-state index contributed by atoms with van der Waals surface area (Å²) in [5.41, 5.74) is 4.91. The first-order valence-electron chi connectivity index (χ1n) is 1.34. The summed E-state index contributed by atoms with van der Waals surface area (Å²) in [6, 6.07) is 0. The van der Waals surface area contributed by atoms with Crippen LogP contribution in [-0.2, 0) is 4.57 Å². The van der Waals surface area contributed by atoms with E-state index in [2.05, 4.69) is 0 Å². The summed E-state index contributed by atoms with van der Waals surface area (Å²) in [6.45, 7) is 3.04. The van der Waals surface area contributed by atoms with Crippen LogP contribution in [0.2, 0.25) is 0 Å². The van der Waals surface area contributed by atoms with E-state index in [0.29, 0.717) is 0 Å². The minimum Gasteiger partial charge on any atom is -0.308 e. The van der Waals surface area contributed by atoms with Gasteiger partial charge in [0.15, 0.2) is 0 Å². The van der Waals surface area contributed by atoms with E-state index in [1.54, 1.807) is 0 Å². The second-order valence-corrected chi connectivity index (χ2v) is 4.30. The topological polar surface area (TPSA) is 43.1 Å². The third-order valence-corrected chi connectivity index (χ3v) is 0. The number of hydrogen-bond acceptors (Lipinski definition) is 1. The van der Waals surface area contributed by atoms with Gasteiger partial charge in [0.05, 0.1) is 0 Å². The van der Waals surface area contributed by atoms with Gasteiger partial charge in [0.1, 0.15) is 7.29 Å². The first-order chi connectivity index (χ1) is 2.00. The molecule has 0 saturated carbocycles. The van der Waals surface area contributed by atoms with Crippen LogP contribution >= 0.6 is 19.7 Å². The van der Waals surface area contributed by atoms with Gasteiger partial charge in [0, 0.05) is 13.3 Å². The summed E-state index contributed by atoms with van der Waals surface area (Å²) in [7, 11) is -2.14. The maximum Gasteiger partial charge on any atom is 0.139 e. The second kappa shape index (κ2) is 2.62. The van der Waals surface area contributed by atoms with Crippen LogP contribution in [0.3, 0.4) is 0 Å². The average Bonchev–Trinajstić information content (AvgIpc) is 0.722. The van der Waals surface area contributed by atoms with E-state index in [1.165, 1.54) is 13.3 Å². The lowest BCUT2D eigenvalue weighted by Gasteiger charge is -1.87. The molecule has 0 aromatic rings. The Labute approximate surface area is 43.9 Å². The Morgan fingerprint density at radius 3 is 1.50 bits per heavy atom. The molecule has 2 N–H and O–H groups in total. The number of nitrogens with two attached hydrogens (primary N) is 1. The lowest BCUT2D eigenvalue weighted by molar-refractivity contribution is 0.583. The zero-order chi connectivity index (χ0) is 4.50. The molecule has 0 aliphatic rings. The molecule has 0 aromatic heterocycles. The zero-order valence-corrected chi connectivity index (χ0v) is 5.55. The van der Waals surface area contributed by atoms with Crippen LogP contribution in [0.4, 0.5) is 0 Å². The van der Waals surface area contributed by atoms with Crippen molar-refractivity contribution in [3.8, 4) is 0 Å². The molecule has 0 aromatic carbocycles. The predicted molar refractivity (Wildman–Crippen MR) is 30.9 cm³/mol. The molecule has 0 heterocycles. The van der Waals surface area contributed by atoms with Crippen molar-refractivity contribution < 1.29 is 4.57 Å². The minimum absolute atomic E-state index is 0. The van der Waals surface area contributed by atoms with Gasteiger partial charge in [-0.25, -0.2) is 0 Å². The Bertz CT molecular complexity index is 59.7. The first-order valence-corrected chi connectivity index (χ1v) is 4.01. The van der Waals surface area contributed by atoms with Crippen molar-refractivity contribution in [2.24, 2.45) is 5.50 Å². The zero-order valence-electron chi connectivity index (χ0n) is 3.84. The van der Waals surface area contributed by atoms with Crippen molar-refractivity contribution >= 4 is 19.7 Å². The predicted octanol–water partition coefficient (Wildman–Crippen LogP) is 0.905. The first kappa shape index (κ1) is 9.70. The average molecular weight is 130 g/mol. The van der Waals surface area contributed by atoms with E-state index in [-0.39, 0.29) is 12.4 Å². The van der Waals surface area contributed by atoms with Crippen LogP contribution in [0, 0.1) is 0 Å². The van der Waals surface area contributed by atoms with Gasteiger partial charge in [-0.1, -0.05) is 0 Å². The highest BCUT2D eigenvalue weighted by atomic mass is 35.5. The Balaban J connectivity index is 0. The van der Waals surface area contributed by atoms with Crippen LogP contribution in [0.15, 0.2) is 0 Å². The molecule has 0 saturated heterocycles. The largest absolute Gasteiger partial charge is 0.308 e. The van der Waals surface area contributed by atoms with Gasteiger partial charge in [-0.3, -0.25) is 5.50 Å². The molecule has 0 radical (unpaired) electrons. The third kappa shape index (κ3) is 235. The monoisotopic (exact) mass is 129 g/mol. The number of hydrogen-bond donors (Lipinski definition) is 1. The summed E-state index contributed by atoms with van der Waals surface area (Å²) in [5.74, 6) is 0. The fourth-order valence-corrected chi connectivity index (χ4v) is 0. The van der Waals surface area contributed by atoms with Gasteiger partial charge in [-0.2, -0.15) is 0 Å². The lowest BCUT2D eigenvalue weighted by atomic mass is 11.9. The summed E-state index contributed by atoms with van der Waals surface area (Å²) >= 11 is 0. The maximum absolute atomic E-state index is 9.99. The molecule has 40 valence electrons. The van der Waals surface area contributed by atoms with E-state index in [4.69, 9.17) is 5.50 Å². The molecule has 0 rings (SSSR count). The maximum atomic E-state index is 9.99. The highest BCUT2D eigenvalue weighted by molar-refractivity contribution is 7.59. The SMILES string of the molecule is CP(C)(N)=O.Cl. The highest BCUT2D eigenvalue weighted by Gasteiger charge is 1.89. The molecule has 2 nitrogen and oxygen atoms in total. The van der Waals surface area contributed by atoms with Crippen LogP contribution < -0.4 is 5.50 Å². The molecule has 0 unspecified atom stereocenters. The number of rotatable bonds is 0. The molecule has 0 atom stereocenters. The van der Waals surface area contributed by atoms with E-state index in [1.807, 2.05) is 0 Å². The summed E-state index contributed by atoms with van der Waals surface area (Å²) in [6.07, 6.45) is 0. The van der Waals surface area contributed by atoms with Gasteiger partial charge < -0.3 is 4.57 Å². The fourth-order valence-electron chi connectivity index (χ4n) is 0. The molecule has 0 fully saturated rings. The molecule has 0 spiro atoms.